The summed E-state index contributed by atoms with van der Waals surface area (Å²) < 4.78 is 5.93. The molecule has 0 bridgehead atoms. The van der Waals surface area contributed by atoms with Crippen molar-refractivity contribution in [2.24, 2.45) is 0 Å². The fourth-order valence-corrected chi connectivity index (χ4v) is 0. The lowest BCUT2D eigenvalue weighted by Gasteiger charge is -1.72. The van der Waals surface area contributed by atoms with Crippen LogP contribution < -0.4 is 0 Å². The number of carbonyl (C=O) groups excluding carboxylic acids is 1. The van der Waals surface area contributed by atoms with Gasteiger partial charge in [0.05, 0.1) is 6.61 Å². The van der Waals surface area contributed by atoms with Gasteiger partial charge in [-0.2, -0.15) is 0 Å². The summed E-state index contributed by atoms with van der Waals surface area (Å²) in [7, 11) is 4.52. The van der Waals surface area contributed by atoms with Gasteiger partial charge in [0, 0.05) is 0 Å². The topological polar surface area (TPSA) is 37.3 Å². The van der Waals surface area contributed by atoms with E-state index in [1.807, 2.05) is 0 Å². The van der Waals surface area contributed by atoms with Crippen LogP contribution in [-0.4, -0.2) is 26.7 Å². The molecule has 3 heteroatoms. The predicted molar refractivity (Wildman–Crippen MR) is 17.8 cm³/mol. The normalized spacial score (nSPS) is 10.0. The van der Waals surface area contributed by atoms with Crippen LogP contribution in [0.25, 0.3) is 0 Å². The second-order valence-corrected chi connectivity index (χ2v) is 0.611. The fourth-order valence-electron chi connectivity index (χ4n) is 0. The summed E-state index contributed by atoms with van der Waals surface area (Å²) in [6, 6.07) is 0. The van der Waals surface area contributed by atoms with E-state index in [4.69, 9.17) is 1.43 Å². The lowest BCUT2D eigenvalue weighted by molar-refractivity contribution is -0.114. The van der Waals surface area contributed by atoms with Crippen LogP contribution in [0.2, 0.25) is 0 Å². The molecule has 2 radical (unpaired) electrons. The van der Waals surface area contributed by atoms with Crippen molar-refractivity contribution < 1.29 is 9.90 Å². The van der Waals surface area contributed by atoms with Crippen LogP contribution >= 0.6 is 0 Å². The molecule has 0 aromatic heterocycles. The zero-order valence-electron chi connectivity index (χ0n) is 3.60. The van der Waals surface area contributed by atoms with Crippen molar-refractivity contribution in [1.82, 2.24) is 0 Å². The zero-order valence-corrected chi connectivity index (χ0v) is 2.60. The molecule has 0 amide bonds. The highest BCUT2D eigenvalue weighted by Gasteiger charge is 1.78. The zero-order chi connectivity index (χ0) is 4.99. The Labute approximate surface area is 32.7 Å². The molecule has 0 spiro atoms. The van der Waals surface area contributed by atoms with Gasteiger partial charge in [0.25, 0.3) is 0 Å². The first-order valence-electron chi connectivity index (χ1n) is 1.54. The first-order chi connectivity index (χ1) is 2.77. The van der Waals surface area contributed by atoms with E-state index in [9.17, 15) is 4.79 Å². The molecule has 26 valence electrons. The second-order valence-electron chi connectivity index (χ2n) is 0.611. The van der Waals surface area contributed by atoms with Gasteiger partial charge in [-0.3, -0.25) is 0 Å². The molecule has 0 saturated heterocycles. The maximum atomic E-state index is 9.58. The van der Waals surface area contributed by atoms with Crippen LogP contribution in [0, 0.1) is 0 Å². The summed E-state index contributed by atoms with van der Waals surface area (Å²) in [5.74, 6) is 0. The van der Waals surface area contributed by atoms with E-state index in [-0.39, 0.29) is 6.61 Å². The first-order valence-corrected chi connectivity index (χ1v) is 1.14. The molecule has 0 aliphatic rings. The molecule has 0 unspecified atom stereocenters. The summed E-state index contributed by atoms with van der Waals surface area (Å²) in [4.78, 5) is 9.58. The Bertz CT molecular complexity index is 55.5. The first kappa shape index (κ1) is 2.91. The van der Waals surface area contributed by atoms with E-state index in [1.165, 1.54) is 0 Å². The summed E-state index contributed by atoms with van der Waals surface area (Å²) in [6.45, 7) is -0.319. The summed E-state index contributed by atoms with van der Waals surface area (Å²) in [6.07, 6.45) is 0. The van der Waals surface area contributed by atoms with Gasteiger partial charge in [-0.1, -0.05) is 0 Å². The Morgan fingerprint density at radius 3 is 3.00 bits per heavy atom. The van der Waals surface area contributed by atoms with Crippen LogP contribution in [0.15, 0.2) is 0 Å². The molecule has 0 aliphatic heterocycles. The fraction of sp³-hybridized carbons (Fsp3) is 0.500. The van der Waals surface area contributed by atoms with E-state index in [1.54, 1.807) is 0 Å². The van der Waals surface area contributed by atoms with Gasteiger partial charge in [0.15, 0.2) is 7.85 Å². The molecule has 2 nitrogen and oxygen atoms in total. The predicted octanol–water partition coefficient (Wildman–Crippen LogP) is -1.33. The molecule has 0 aromatic rings. The van der Waals surface area contributed by atoms with Crippen LogP contribution in [0.5, 0.6) is 0 Å². The molecule has 0 atom stereocenters. The number of rotatable bonds is 2. The van der Waals surface area contributed by atoms with E-state index in [0.29, 0.717) is 0 Å². The number of hydrogen-bond acceptors (Lipinski definition) is 2. The third kappa shape index (κ3) is 3.69. The van der Waals surface area contributed by atoms with Gasteiger partial charge in [0.1, 0.15) is 5.68 Å². The number of hydrogen-bond donors (Lipinski definition) is 1. The third-order valence-electron chi connectivity index (χ3n) is 0.142. The average molecular weight is 70.9 g/mol. The minimum atomic E-state index is -0.620. The van der Waals surface area contributed by atoms with Gasteiger partial charge >= 0.3 is 0 Å². The van der Waals surface area contributed by atoms with Gasteiger partial charge in [0.2, 0.25) is 1.43 Å². The van der Waals surface area contributed by atoms with Crippen molar-refractivity contribution in [2.75, 3.05) is 6.61 Å². The van der Waals surface area contributed by atoms with Crippen molar-refractivity contribution in [3.8, 4) is 0 Å². The highest BCUT2D eigenvalue weighted by molar-refractivity contribution is 6.58. The molecular weight excluding hydrogens is 66.8 g/mol. The van der Waals surface area contributed by atoms with Gasteiger partial charge in [-0.25, -0.2) is 0 Å². The summed E-state index contributed by atoms with van der Waals surface area (Å²) in [5.41, 5.74) is -0.620. The van der Waals surface area contributed by atoms with Gasteiger partial charge in [-0.15, -0.1) is 0 Å². The van der Waals surface area contributed by atoms with Crippen molar-refractivity contribution >= 4 is 13.5 Å². The monoisotopic (exact) mass is 71.0 g/mol. The molecule has 0 saturated carbocycles. The molecule has 0 fully saturated rings. The Morgan fingerprint density at radius 2 is 3.00 bits per heavy atom. The maximum absolute atomic E-state index is 9.58. The Morgan fingerprint density at radius 1 is 2.40 bits per heavy atom. The number of aliphatic hydroxyl groups is 1. The molecule has 5 heavy (non-hydrogen) atoms. The summed E-state index contributed by atoms with van der Waals surface area (Å²) in [5, 5.41) is 3.58. The number of aliphatic hydroxyl groups excluding tert-OH is 1. The summed E-state index contributed by atoms with van der Waals surface area (Å²) >= 11 is 0. The van der Waals surface area contributed by atoms with Crippen LogP contribution in [0.4, 0.5) is 0 Å². The SMILES string of the molecule is [2H]OCC([B])=O. The largest absolute Gasteiger partial charge is 0.390 e. The van der Waals surface area contributed by atoms with Crippen molar-refractivity contribution in [3.63, 3.8) is 0 Å². The van der Waals surface area contributed by atoms with Crippen LogP contribution in [0.3, 0.4) is 0 Å². The highest BCUT2D eigenvalue weighted by Crippen LogP contribution is 1.47. The Balaban J connectivity index is 2.83. The van der Waals surface area contributed by atoms with Crippen LogP contribution in [-0.2, 0) is 4.79 Å². The molecule has 0 heterocycles. The molecule has 0 rings (SSSR count). The van der Waals surface area contributed by atoms with E-state index < -0.39 is 5.68 Å². The standard InChI is InChI=1S/C2H3BO2/c3-2(5)1-4/h4H,1H2/i4D. The Hall–Kier alpha value is -0.305. The highest BCUT2D eigenvalue weighted by atomic mass is 16.3. The minimum absolute atomic E-state index is 0.319. The molecule has 0 aliphatic carbocycles. The maximum Gasteiger partial charge on any atom is 0.211 e. The quantitative estimate of drug-likeness (QED) is 0.409. The van der Waals surface area contributed by atoms with Crippen molar-refractivity contribution in [1.29, 1.82) is 1.43 Å². The number of carbonyl (C=O) groups is 1. The van der Waals surface area contributed by atoms with Crippen molar-refractivity contribution in [2.45, 2.75) is 0 Å². The molecular formula is C2H3BO2. The minimum Gasteiger partial charge on any atom is -0.390 e. The lowest BCUT2D eigenvalue weighted by Crippen LogP contribution is -2.00. The molecule has 0 aromatic carbocycles. The van der Waals surface area contributed by atoms with E-state index in [2.05, 4.69) is 13.0 Å². The molecule has 1 N–H and O–H groups in total. The van der Waals surface area contributed by atoms with Crippen molar-refractivity contribution in [3.05, 3.63) is 0 Å². The van der Waals surface area contributed by atoms with Crippen LogP contribution in [0.1, 0.15) is 0 Å². The third-order valence-corrected chi connectivity index (χ3v) is 0.142. The van der Waals surface area contributed by atoms with E-state index >= 15 is 0 Å². The lowest BCUT2D eigenvalue weighted by atomic mass is 10.1. The average Bonchev–Trinajstić information content (AvgIpc) is 1.35. The van der Waals surface area contributed by atoms with E-state index in [0.717, 1.165) is 0 Å². The Kier molecular flexibility index (Phi) is 1.14. The van der Waals surface area contributed by atoms with Gasteiger partial charge < -0.3 is 9.90 Å². The second kappa shape index (κ2) is 1.97. The van der Waals surface area contributed by atoms with Gasteiger partial charge in [-0.05, 0) is 0 Å². The smallest absolute Gasteiger partial charge is 0.211 e.